The molecule has 0 radical (unpaired) electrons. The van der Waals surface area contributed by atoms with Crippen molar-refractivity contribution in [1.29, 1.82) is 0 Å². The number of rotatable bonds is 5. The number of hydrogen-bond donors (Lipinski definition) is 1. The second-order valence-corrected chi connectivity index (χ2v) is 6.49. The largest absolute Gasteiger partial charge is 0.368 e. The number of amides is 1. The third kappa shape index (κ3) is 3.41. The monoisotopic (exact) mass is 304 g/mol. The molecule has 21 heavy (non-hydrogen) atoms. The first-order valence-electron chi connectivity index (χ1n) is 6.34. The van der Waals surface area contributed by atoms with E-state index in [1.807, 2.05) is 6.92 Å². The number of benzene rings is 2. The van der Waals surface area contributed by atoms with Crippen LogP contribution < -0.4 is 10.0 Å². The first kappa shape index (κ1) is 15.1. The van der Waals surface area contributed by atoms with Gasteiger partial charge in [-0.2, -0.15) is 0 Å². The zero-order valence-electron chi connectivity index (χ0n) is 11.6. The molecular weight excluding hydrogens is 288 g/mol. The summed E-state index contributed by atoms with van der Waals surface area (Å²) in [7, 11) is -3.83. The van der Waals surface area contributed by atoms with Crippen molar-refractivity contribution >= 4 is 21.6 Å². The van der Waals surface area contributed by atoms with E-state index in [1.54, 1.807) is 42.5 Å². The lowest BCUT2D eigenvalue weighted by Crippen LogP contribution is -2.38. The van der Waals surface area contributed by atoms with Crippen molar-refractivity contribution < 1.29 is 13.2 Å². The number of nitrogens with two attached hydrogens (primary N) is 1. The lowest BCUT2D eigenvalue weighted by Gasteiger charge is -2.23. The molecule has 0 atom stereocenters. The Morgan fingerprint density at radius 3 is 2.14 bits per heavy atom. The highest BCUT2D eigenvalue weighted by atomic mass is 32.2. The minimum atomic E-state index is -3.83. The molecule has 0 saturated carbocycles. The van der Waals surface area contributed by atoms with Crippen molar-refractivity contribution in [3.05, 3.63) is 60.2 Å². The molecule has 0 aliphatic carbocycles. The molecule has 0 fully saturated rings. The average molecular weight is 304 g/mol. The number of anilines is 1. The maximum atomic E-state index is 12.7. The summed E-state index contributed by atoms with van der Waals surface area (Å²) >= 11 is 0. The van der Waals surface area contributed by atoms with Crippen LogP contribution in [0.4, 0.5) is 5.69 Å². The number of hydrogen-bond acceptors (Lipinski definition) is 3. The molecule has 0 aliphatic heterocycles. The molecule has 2 rings (SSSR count). The normalized spacial score (nSPS) is 11.1. The zero-order chi connectivity index (χ0) is 15.5. The van der Waals surface area contributed by atoms with Gasteiger partial charge in [0.25, 0.3) is 10.0 Å². The predicted octanol–water partition coefficient (Wildman–Crippen LogP) is 1.68. The molecule has 2 aromatic carbocycles. The maximum Gasteiger partial charge on any atom is 0.264 e. The first-order valence-corrected chi connectivity index (χ1v) is 7.78. The van der Waals surface area contributed by atoms with Crippen molar-refractivity contribution in [2.24, 2.45) is 5.73 Å². The van der Waals surface area contributed by atoms with E-state index in [1.165, 1.54) is 12.1 Å². The molecule has 5 nitrogen and oxygen atoms in total. The Morgan fingerprint density at radius 1 is 1.05 bits per heavy atom. The third-order valence-corrected chi connectivity index (χ3v) is 4.74. The van der Waals surface area contributed by atoms with E-state index < -0.39 is 22.5 Å². The smallest absolute Gasteiger partial charge is 0.264 e. The summed E-state index contributed by atoms with van der Waals surface area (Å²) < 4.78 is 26.4. The van der Waals surface area contributed by atoms with Crippen molar-refractivity contribution in [2.45, 2.75) is 11.8 Å². The van der Waals surface area contributed by atoms with Crippen LogP contribution in [0.15, 0.2) is 59.5 Å². The van der Waals surface area contributed by atoms with E-state index in [0.29, 0.717) is 5.69 Å². The summed E-state index contributed by atoms with van der Waals surface area (Å²) in [5.41, 5.74) is 6.59. The van der Waals surface area contributed by atoms with Gasteiger partial charge in [0.15, 0.2) is 0 Å². The number of sulfonamides is 1. The van der Waals surface area contributed by atoms with Crippen molar-refractivity contribution in [3.8, 4) is 0 Å². The minimum Gasteiger partial charge on any atom is -0.368 e. The van der Waals surface area contributed by atoms with Crippen LogP contribution in [0.2, 0.25) is 0 Å². The van der Waals surface area contributed by atoms with Crippen LogP contribution in [0.3, 0.4) is 0 Å². The van der Waals surface area contributed by atoms with Gasteiger partial charge in [-0.05, 0) is 31.2 Å². The quantitative estimate of drug-likeness (QED) is 0.912. The van der Waals surface area contributed by atoms with Crippen molar-refractivity contribution in [1.82, 2.24) is 0 Å². The molecule has 0 bridgehead atoms. The van der Waals surface area contributed by atoms with Gasteiger partial charge in [-0.15, -0.1) is 0 Å². The van der Waals surface area contributed by atoms with E-state index >= 15 is 0 Å². The predicted molar refractivity (Wildman–Crippen MR) is 81.3 cm³/mol. The second kappa shape index (κ2) is 5.97. The highest BCUT2D eigenvalue weighted by molar-refractivity contribution is 7.92. The standard InChI is InChI=1S/C15H16N2O3S/c1-12-7-9-13(10-8-12)17(11-15(16)18)21(19,20)14-5-3-2-4-6-14/h2-10H,11H2,1H3,(H2,16,18). The fourth-order valence-electron chi connectivity index (χ4n) is 1.89. The van der Waals surface area contributed by atoms with Crippen LogP contribution in [-0.4, -0.2) is 20.9 Å². The van der Waals surface area contributed by atoms with Crippen LogP contribution in [0, 0.1) is 6.92 Å². The summed E-state index contributed by atoms with van der Waals surface area (Å²) in [6, 6.07) is 14.8. The third-order valence-electron chi connectivity index (χ3n) is 2.95. The fourth-order valence-corrected chi connectivity index (χ4v) is 3.34. The molecular formula is C15H16N2O3S. The lowest BCUT2D eigenvalue weighted by molar-refractivity contribution is -0.116. The topological polar surface area (TPSA) is 80.5 Å². The Kier molecular flexibility index (Phi) is 4.28. The molecule has 0 unspecified atom stereocenters. The lowest BCUT2D eigenvalue weighted by atomic mass is 10.2. The number of carbonyl (C=O) groups is 1. The zero-order valence-corrected chi connectivity index (χ0v) is 12.4. The van der Waals surface area contributed by atoms with Gasteiger partial charge in [0.2, 0.25) is 5.91 Å². The summed E-state index contributed by atoms with van der Waals surface area (Å²) in [6.45, 7) is 1.49. The van der Waals surface area contributed by atoms with Gasteiger partial charge in [-0.3, -0.25) is 9.10 Å². The molecule has 1 amide bonds. The van der Waals surface area contributed by atoms with E-state index in [4.69, 9.17) is 5.73 Å². The van der Waals surface area contributed by atoms with Crippen LogP contribution in [0.5, 0.6) is 0 Å². The van der Waals surface area contributed by atoms with Crippen LogP contribution >= 0.6 is 0 Å². The van der Waals surface area contributed by atoms with E-state index in [-0.39, 0.29) is 4.90 Å². The summed E-state index contributed by atoms with van der Waals surface area (Å²) in [6.07, 6.45) is 0. The Hall–Kier alpha value is -2.34. The van der Waals surface area contributed by atoms with E-state index in [0.717, 1.165) is 9.87 Å². The van der Waals surface area contributed by atoms with Gasteiger partial charge in [-0.25, -0.2) is 8.42 Å². The molecule has 6 heteroatoms. The molecule has 110 valence electrons. The first-order chi connectivity index (χ1) is 9.91. The molecule has 0 aliphatic rings. The second-order valence-electron chi connectivity index (χ2n) is 4.63. The van der Waals surface area contributed by atoms with Gasteiger partial charge in [-0.1, -0.05) is 35.9 Å². The van der Waals surface area contributed by atoms with Crippen LogP contribution in [0.25, 0.3) is 0 Å². The Bertz CT molecular complexity index is 725. The van der Waals surface area contributed by atoms with Gasteiger partial charge in [0.1, 0.15) is 6.54 Å². The Labute approximate surface area is 124 Å². The number of carbonyl (C=O) groups excluding carboxylic acids is 1. The summed E-state index contributed by atoms with van der Waals surface area (Å²) in [5, 5.41) is 0. The number of primary amides is 1. The molecule has 0 saturated heterocycles. The molecule has 0 heterocycles. The van der Waals surface area contributed by atoms with Crippen LogP contribution in [-0.2, 0) is 14.8 Å². The highest BCUT2D eigenvalue weighted by Crippen LogP contribution is 2.23. The number of aryl methyl sites for hydroxylation is 1. The highest BCUT2D eigenvalue weighted by Gasteiger charge is 2.26. The minimum absolute atomic E-state index is 0.117. The molecule has 0 aromatic heterocycles. The average Bonchev–Trinajstić information content (AvgIpc) is 2.46. The summed E-state index contributed by atoms with van der Waals surface area (Å²) in [5.74, 6) is -0.713. The van der Waals surface area contributed by atoms with E-state index in [9.17, 15) is 13.2 Å². The van der Waals surface area contributed by atoms with Gasteiger partial charge in [0, 0.05) is 0 Å². The number of nitrogens with zero attached hydrogens (tertiary/aromatic N) is 1. The van der Waals surface area contributed by atoms with Gasteiger partial charge < -0.3 is 5.73 Å². The van der Waals surface area contributed by atoms with Gasteiger partial charge in [0.05, 0.1) is 10.6 Å². The molecule has 0 spiro atoms. The van der Waals surface area contributed by atoms with Crippen molar-refractivity contribution in [3.63, 3.8) is 0 Å². The summed E-state index contributed by atoms with van der Waals surface area (Å²) in [4.78, 5) is 11.4. The van der Waals surface area contributed by atoms with Crippen LogP contribution in [0.1, 0.15) is 5.56 Å². The van der Waals surface area contributed by atoms with Gasteiger partial charge >= 0.3 is 0 Å². The molecule has 2 aromatic rings. The molecule has 2 N–H and O–H groups in total. The fraction of sp³-hybridized carbons (Fsp3) is 0.133. The maximum absolute atomic E-state index is 12.7. The SMILES string of the molecule is Cc1ccc(N(CC(N)=O)S(=O)(=O)c2ccccc2)cc1. The Morgan fingerprint density at radius 2 is 1.62 bits per heavy atom. The van der Waals surface area contributed by atoms with E-state index in [2.05, 4.69) is 0 Å². The van der Waals surface area contributed by atoms with Crippen molar-refractivity contribution in [2.75, 3.05) is 10.8 Å². The Balaban J connectivity index is 2.50.